The number of para-hydroxylation sites is 1. The molecular formula is C16H22Cl2N2O2. The first-order chi connectivity index (χ1) is 10.4. The molecule has 0 aromatic heterocycles. The topological polar surface area (TPSA) is 49.4 Å². The van der Waals surface area contributed by atoms with Gasteiger partial charge in [0.05, 0.1) is 22.3 Å². The molecule has 1 N–H and O–H groups in total. The number of benzene rings is 1. The van der Waals surface area contributed by atoms with Gasteiger partial charge in [0, 0.05) is 12.5 Å². The van der Waals surface area contributed by atoms with E-state index in [4.69, 9.17) is 23.2 Å². The lowest BCUT2D eigenvalue weighted by Gasteiger charge is -2.24. The number of amides is 2. The van der Waals surface area contributed by atoms with Crippen molar-refractivity contribution in [2.45, 2.75) is 33.6 Å². The summed E-state index contributed by atoms with van der Waals surface area (Å²) in [6, 6.07) is 5.00. The molecule has 22 heavy (non-hydrogen) atoms. The van der Waals surface area contributed by atoms with Crippen LogP contribution in [0.1, 0.15) is 33.6 Å². The molecule has 1 aromatic rings. The Morgan fingerprint density at radius 2 is 1.82 bits per heavy atom. The summed E-state index contributed by atoms with van der Waals surface area (Å²) in [5.74, 6) is -0.402. The maximum absolute atomic E-state index is 12.3. The molecule has 0 heterocycles. The highest BCUT2D eigenvalue weighted by Crippen LogP contribution is 2.29. The Morgan fingerprint density at radius 3 is 2.32 bits per heavy atom. The molecule has 2 amide bonds. The van der Waals surface area contributed by atoms with Gasteiger partial charge < -0.3 is 10.2 Å². The highest BCUT2D eigenvalue weighted by molar-refractivity contribution is 6.39. The molecule has 4 nitrogen and oxygen atoms in total. The van der Waals surface area contributed by atoms with Crippen LogP contribution in [0, 0.1) is 5.92 Å². The molecule has 6 heteroatoms. The number of anilines is 1. The third kappa shape index (κ3) is 5.18. The van der Waals surface area contributed by atoms with Gasteiger partial charge in [0.25, 0.3) is 0 Å². The average molecular weight is 345 g/mol. The maximum atomic E-state index is 12.3. The zero-order valence-corrected chi connectivity index (χ0v) is 14.7. The second kappa shape index (κ2) is 9.01. The number of likely N-dealkylation sites (N-methyl/N-ethyl adjacent to an activating group) is 1. The van der Waals surface area contributed by atoms with Crippen molar-refractivity contribution < 1.29 is 9.59 Å². The molecule has 1 aromatic carbocycles. The van der Waals surface area contributed by atoms with E-state index >= 15 is 0 Å². The SMILES string of the molecule is CCCC(C)C(=O)N(CC)CC(=O)Nc1c(Cl)cccc1Cl. The number of halogens is 2. The van der Waals surface area contributed by atoms with E-state index in [0.29, 0.717) is 22.3 Å². The number of nitrogens with zero attached hydrogens (tertiary/aromatic N) is 1. The first kappa shape index (κ1) is 18.8. The summed E-state index contributed by atoms with van der Waals surface area (Å²) in [6.45, 7) is 6.25. The zero-order valence-electron chi connectivity index (χ0n) is 13.2. The summed E-state index contributed by atoms with van der Waals surface area (Å²) < 4.78 is 0. The first-order valence-corrected chi connectivity index (χ1v) is 8.18. The normalized spacial score (nSPS) is 11.9. The Hall–Kier alpha value is -1.26. The number of carbonyl (C=O) groups excluding carboxylic acids is 2. The summed E-state index contributed by atoms with van der Waals surface area (Å²) in [4.78, 5) is 26.0. The third-order valence-corrected chi connectivity index (χ3v) is 4.03. The molecular weight excluding hydrogens is 323 g/mol. The van der Waals surface area contributed by atoms with Crippen LogP contribution in [0.25, 0.3) is 0 Å². The number of hydrogen-bond acceptors (Lipinski definition) is 2. The van der Waals surface area contributed by atoms with Crippen LogP contribution < -0.4 is 5.32 Å². The average Bonchev–Trinajstić information content (AvgIpc) is 2.48. The van der Waals surface area contributed by atoms with Gasteiger partial charge in [-0.25, -0.2) is 0 Å². The van der Waals surface area contributed by atoms with E-state index in [1.54, 1.807) is 23.1 Å². The van der Waals surface area contributed by atoms with E-state index in [-0.39, 0.29) is 24.3 Å². The highest BCUT2D eigenvalue weighted by Gasteiger charge is 2.21. The van der Waals surface area contributed by atoms with Gasteiger partial charge in [-0.1, -0.05) is 49.5 Å². The molecule has 0 saturated heterocycles. The van der Waals surface area contributed by atoms with Crippen LogP contribution >= 0.6 is 23.2 Å². The number of nitrogens with one attached hydrogen (secondary N) is 1. The molecule has 1 atom stereocenters. The number of carbonyl (C=O) groups is 2. The van der Waals surface area contributed by atoms with Crippen LogP contribution in [0.5, 0.6) is 0 Å². The molecule has 122 valence electrons. The van der Waals surface area contributed by atoms with E-state index in [1.165, 1.54) is 0 Å². The van der Waals surface area contributed by atoms with Crippen LogP contribution in [-0.2, 0) is 9.59 Å². The van der Waals surface area contributed by atoms with E-state index in [0.717, 1.165) is 12.8 Å². The minimum absolute atomic E-state index is 0.00899. The monoisotopic (exact) mass is 344 g/mol. The van der Waals surface area contributed by atoms with Gasteiger partial charge in [0.1, 0.15) is 0 Å². The van der Waals surface area contributed by atoms with E-state index < -0.39 is 0 Å². The van der Waals surface area contributed by atoms with Crippen molar-refractivity contribution >= 4 is 40.7 Å². The maximum Gasteiger partial charge on any atom is 0.244 e. The Bertz CT molecular complexity index is 515. The highest BCUT2D eigenvalue weighted by atomic mass is 35.5. The lowest BCUT2D eigenvalue weighted by molar-refractivity contribution is -0.137. The molecule has 1 rings (SSSR count). The lowest BCUT2D eigenvalue weighted by atomic mass is 10.0. The van der Waals surface area contributed by atoms with Crippen molar-refractivity contribution in [2.75, 3.05) is 18.4 Å². The fourth-order valence-corrected chi connectivity index (χ4v) is 2.68. The Kier molecular flexibility index (Phi) is 7.69. The molecule has 1 unspecified atom stereocenters. The van der Waals surface area contributed by atoms with Crippen LogP contribution in [0.4, 0.5) is 5.69 Å². The standard InChI is InChI=1S/C16H22Cl2N2O2/c1-4-7-11(3)16(22)20(5-2)10-14(21)19-15-12(17)8-6-9-13(15)18/h6,8-9,11H,4-5,7,10H2,1-3H3,(H,19,21). The predicted molar refractivity (Wildman–Crippen MR) is 91.4 cm³/mol. The van der Waals surface area contributed by atoms with Gasteiger partial charge in [-0.05, 0) is 25.5 Å². The van der Waals surface area contributed by atoms with E-state index in [1.807, 2.05) is 20.8 Å². The van der Waals surface area contributed by atoms with Crippen LogP contribution in [-0.4, -0.2) is 29.8 Å². The van der Waals surface area contributed by atoms with Crippen molar-refractivity contribution in [2.24, 2.45) is 5.92 Å². The Balaban J connectivity index is 2.71. The van der Waals surface area contributed by atoms with Gasteiger partial charge in [0.15, 0.2) is 0 Å². The van der Waals surface area contributed by atoms with Crippen molar-refractivity contribution in [1.29, 1.82) is 0 Å². The molecule has 0 fully saturated rings. The minimum atomic E-state index is -0.311. The molecule has 0 radical (unpaired) electrons. The molecule has 0 spiro atoms. The van der Waals surface area contributed by atoms with Crippen molar-refractivity contribution in [3.8, 4) is 0 Å². The summed E-state index contributed by atoms with van der Waals surface area (Å²) in [5.41, 5.74) is 0.376. The summed E-state index contributed by atoms with van der Waals surface area (Å²) >= 11 is 12.0. The Morgan fingerprint density at radius 1 is 1.23 bits per heavy atom. The van der Waals surface area contributed by atoms with Crippen molar-refractivity contribution in [3.63, 3.8) is 0 Å². The van der Waals surface area contributed by atoms with E-state index in [9.17, 15) is 9.59 Å². The fraction of sp³-hybridized carbons (Fsp3) is 0.500. The largest absolute Gasteiger partial charge is 0.333 e. The van der Waals surface area contributed by atoms with Gasteiger partial charge in [0.2, 0.25) is 11.8 Å². The van der Waals surface area contributed by atoms with Crippen molar-refractivity contribution in [3.05, 3.63) is 28.2 Å². The van der Waals surface area contributed by atoms with Crippen molar-refractivity contribution in [1.82, 2.24) is 4.90 Å². The second-order valence-corrected chi connectivity index (χ2v) is 6.00. The van der Waals surface area contributed by atoms with Gasteiger partial charge in [-0.3, -0.25) is 9.59 Å². The smallest absolute Gasteiger partial charge is 0.244 e. The predicted octanol–water partition coefficient (Wildman–Crippen LogP) is 4.22. The van der Waals surface area contributed by atoms with E-state index in [2.05, 4.69) is 5.32 Å². The Labute approximate surface area is 141 Å². The van der Waals surface area contributed by atoms with Gasteiger partial charge in [-0.15, -0.1) is 0 Å². The quantitative estimate of drug-likeness (QED) is 0.804. The first-order valence-electron chi connectivity index (χ1n) is 7.43. The molecule has 0 saturated carbocycles. The third-order valence-electron chi connectivity index (χ3n) is 3.40. The molecule has 0 aliphatic rings. The number of rotatable bonds is 7. The summed E-state index contributed by atoms with van der Waals surface area (Å²) in [5, 5.41) is 3.41. The molecule has 0 aliphatic heterocycles. The fourth-order valence-electron chi connectivity index (χ4n) is 2.18. The molecule has 0 bridgehead atoms. The minimum Gasteiger partial charge on any atom is -0.333 e. The lowest BCUT2D eigenvalue weighted by Crippen LogP contribution is -2.40. The molecule has 0 aliphatic carbocycles. The zero-order chi connectivity index (χ0) is 16.7. The van der Waals surface area contributed by atoms with Gasteiger partial charge in [-0.2, -0.15) is 0 Å². The second-order valence-electron chi connectivity index (χ2n) is 5.19. The van der Waals surface area contributed by atoms with Crippen LogP contribution in [0.3, 0.4) is 0 Å². The van der Waals surface area contributed by atoms with Gasteiger partial charge >= 0.3 is 0 Å². The van der Waals surface area contributed by atoms with Crippen LogP contribution in [0.2, 0.25) is 10.0 Å². The summed E-state index contributed by atoms with van der Waals surface area (Å²) in [7, 11) is 0. The van der Waals surface area contributed by atoms with Crippen LogP contribution in [0.15, 0.2) is 18.2 Å². The summed E-state index contributed by atoms with van der Waals surface area (Å²) in [6.07, 6.45) is 1.75. The number of hydrogen-bond donors (Lipinski definition) is 1.